The summed E-state index contributed by atoms with van der Waals surface area (Å²) in [7, 11) is 0. The molecule has 18 rings (SSSR count). The maximum Gasteiger partial charge on any atom is 0.232 e. The molecule has 0 bridgehead atoms. The van der Waals surface area contributed by atoms with Crippen molar-refractivity contribution in [1.82, 2.24) is 19.9 Å². The van der Waals surface area contributed by atoms with Gasteiger partial charge in [0.1, 0.15) is 44.7 Å². The van der Waals surface area contributed by atoms with Crippen molar-refractivity contribution in [3.8, 4) is 67.3 Å². The molecule has 0 aliphatic heterocycles. The van der Waals surface area contributed by atoms with E-state index in [9.17, 15) is 0 Å². The maximum atomic E-state index is 8.56. The minimum atomic E-state index is -2.62. The summed E-state index contributed by atoms with van der Waals surface area (Å²) in [5, 5.41) is 7.34. The summed E-state index contributed by atoms with van der Waals surface area (Å²) in [6, 6.07) is 78.1. The number of furan rings is 4. The van der Waals surface area contributed by atoms with Gasteiger partial charge in [0.2, 0.25) is 11.4 Å². The smallest absolute Gasteiger partial charge is 0.232 e. The molecule has 1 atom stereocenters. The standard InChI is InChI=1S/2C25H16N2O.2C21H16N2O/c1-16-22(26-2)15-20-18-11-8-12-19(21-13-6-7-14-27-21)24(18)28-25(20)23(16)17-9-4-3-5-10-17;1-16-15-20-18-11-8-12-19(21-13-6-7-14-27-21)24(18)28-25(20)22(23(16)26-2)17-9-4-3-5-10-17;1-13(2)14-10-11-16-15-7-6-8-17(18-9-4-5-12-23-18)20(15)24-21(16)19(14)22-3;1-13(2)19-18(22-3)11-10-15-14-7-6-8-16(20(14)24-21(15)19)17-9-4-5-12-23-17/h2*3-15H,1H3;2*4-13H,1-2H3/i;;13D;1D3,13D. The Hall–Kier alpha value is -14.0. The van der Waals surface area contributed by atoms with Crippen LogP contribution in [0, 0.1) is 40.1 Å². The van der Waals surface area contributed by atoms with Gasteiger partial charge in [-0.2, -0.15) is 0 Å². The van der Waals surface area contributed by atoms with Crippen LogP contribution in [0.5, 0.6) is 0 Å². The van der Waals surface area contributed by atoms with E-state index in [1.807, 2.05) is 220 Å². The minimum Gasteiger partial charge on any atom is -0.466 e. The molecule has 8 aromatic heterocycles. The van der Waals surface area contributed by atoms with Crippen molar-refractivity contribution >= 4 is 111 Å². The third-order valence-corrected chi connectivity index (χ3v) is 18.5. The quantitative estimate of drug-likeness (QED) is 0.138. The Balaban J connectivity index is 0.000000116. The zero-order chi connectivity index (χ0) is 75.9. The van der Waals surface area contributed by atoms with Crippen molar-refractivity contribution in [2.75, 3.05) is 0 Å². The van der Waals surface area contributed by atoms with Crippen LogP contribution in [0.25, 0.3) is 174 Å². The van der Waals surface area contributed by atoms with Gasteiger partial charge < -0.3 is 17.7 Å². The number of fused-ring (bicyclic) bond motifs is 12. The van der Waals surface area contributed by atoms with Gasteiger partial charge in [-0.05, 0) is 132 Å². The van der Waals surface area contributed by atoms with Gasteiger partial charge in [0, 0.05) is 114 Å². The summed E-state index contributed by atoms with van der Waals surface area (Å²) in [5.41, 5.74) is 20.5. The van der Waals surface area contributed by atoms with Crippen molar-refractivity contribution in [2.24, 2.45) is 0 Å². The number of rotatable bonds is 8. The molecular weight excluding hydrogens is 1280 g/mol. The highest BCUT2D eigenvalue weighted by molar-refractivity contribution is 6.18. The highest BCUT2D eigenvalue weighted by Crippen LogP contribution is 2.49. The second kappa shape index (κ2) is 28.3. The number of hydrogen-bond donors (Lipinski definition) is 0. The Labute approximate surface area is 607 Å². The minimum absolute atomic E-state index is 0.0863. The topological polar surface area (TPSA) is 122 Å². The van der Waals surface area contributed by atoms with Crippen LogP contribution in [-0.4, -0.2) is 19.9 Å². The van der Waals surface area contributed by atoms with Gasteiger partial charge in [0.25, 0.3) is 0 Å². The van der Waals surface area contributed by atoms with E-state index in [2.05, 4.69) is 63.6 Å². The van der Waals surface area contributed by atoms with Crippen LogP contribution in [0.15, 0.2) is 285 Å². The number of benzene rings is 10. The van der Waals surface area contributed by atoms with Crippen LogP contribution in [0.3, 0.4) is 0 Å². The number of pyridine rings is 4. The maximum absolute atomic E-state index is 8.56. The molecule has 0 saturated carbocycles. The van der Waals surface area contributed by atoms with Crippen LogP contribution in [0.2, 0.25) is 0 Å². The molecular formula is C92H64N8O4. The molecule has 0 aliphatic carbocycles. The molecule has 8 heterocycles. The lowest BCUT2D eigenvalue weighted by molar-refractivity contribution is 0.658. The van der Waals surface area contributed by atoms with E-state index in [-0.39, 0.29) is 16.8 Å². The number of para-hydroxylation sites is 4. The molecule has 0 saturated heterocycles. The molecule has 496 valence electrons. The van der Waals surface area contributed by atoms with Gasteiger partial charge >= 0.3 is 0 Å². The molecule has 12 nitrogen and oxygen atoms in total. The van der Waals surface area contributed by atoms with E-state index in [4.69, 9.17) is 50.8 Å². The highest BCUT2D eigenvalue weighted by atomic mass is 16.3. The van der Waals surface area contributed by atoms with E-state index >= 15 is 0 Å². The number of hydrogen-bond acceptors (Lipinski definition) is 8. The second-order valence-electron chi connectivity index (χ2n) is 25.0. The lowest BCUT2D eigenvalue weighted by Crippen LogP contribution is -1.88. The SMILES string of the molecule is [2H]C(C)(C)c1ccc2c(oc3c(-c4ccccn4)cccc32)c1[N+]#[C-].[2H]C([2H])([2H])C([2H])(C)c1c([N+]#[C-])ccc2c1oc1c(-c3ccccn3)cccc12.[C-]#[N+]c1c(C)cc2c(oc3c(-c4ccccn4)cccc32)c1-c1ccccc1.[C-]#[N+]c1cc2c(oc3c(-c4ccccn4)cccc32)c(-c2ccccc2)c1C. The van der Waals surface area contributed by atoms with E-state index in [1.54, 1.807) is 50.8 Å². The van der Waals surface area contributed by atoms with Gasteiger partial charge in [-0.1, -0.05) is 191 Å². The predicted octanol–water partition coefficient (Wildman–Crippen LogP) is 27.0. The van der Waals surface area contributed by atoms with Crippen LogP contribution in [-0.2, 0) is 0 Å². The first kappa shape index (κ1) is 60.0. The first-order valence-electron chi connectivity index (χ1n) is 36.0. The average molecular weight is 1350 g/mol. The van der Waals surface area contributed by atoms with Crippen molar-refractivity contribution in [3.63, 3.8) is 0 Å². The fraction of sp³-hybridized carbons (Fsp3) is 0.0870. The largest absolute Gasteiger partial charge is 0.466 e. The predicted molar refractivity (Wildman–Crippen MR) is 421 cm³/mol. The summed E-state index contributed by atoms with van der Waals surface area (Å²) >= 11 is 0. The van der Waals surface area contributed by atoms with Gasteiger partial charge in [-0.25, -0.2) is 19.4 Å². The first-order valence-corrected chi connectivity index (χ1v) is 33.5. The number of nitrogens with zero attached hydrogens (tertiary/aromatic N) is 8. The molecule has 0 radical (unpaired) electrons. The fourth-order valence-corrected chi connectivity index (χ4v) is 13.7. The zero-order valence-corrected chi connectivity index (χ0v) is 57.1. The Bertz CT molecular complexity index is 6670. The third-order valence-electron chi connectivity index (χ3n) is 18.5. The average Bonchev–Trinajstić information content (AvgIpc) is 1.69. The van der Waals surface area contributed by atoms with Gasteiger partial charge in [-0.15, -0.1) is 0 Å². The third kappa shape index (κ3) is 11.9. The van der Waals surface area contributed by atoms with Crippen molar-refractivity contribution in [1.29, 1.82) is 0 Å². The Kier molecular flexibility index (Phi) is 16.3. The van der Waals surface area contributed by atoms with E-state index < -0.39 is 18.6 Å². The summed E-state index contributed by atoms with van der Waals surface area (Å²) in [6.07, 6.45) is 7.01. The normalized spacial score (nSPS) is 12.6. The van der Waals surface area contributed by atoms with Gasteiger partial charge in [0.05, 0.1) is 49.1 Å². The monoisotopic (exact) mass is 1350 g/mol. The molecule has 12 heteroatoms. The Morgan fingerprint density at radius 2 is 0.721 bits per heavy atom. The van der Waals surface area contributed by atoms with Crippen molar-refractivity contribution in [2.45, 2.75) is 53.3 Å². The van der Waals surface area contributed by atoms with Crippen molar-refractivity contribution < 1.29 is 24.5 Å². The lowest BCUT2D eigenvalue weighted by atomic mass is 9.96. The van der Waals surface area contributed by atoms with E-state index in [0.29, 0.717) is 39.2 Å². The van der Waals surface area contributed by atoms with Crippen molar-refractivity contribution in [3.05, 3.63) is 335 Å². The Morgan fingerprint density at radius 3 is 1.14 bits per heavy atom. The molecule has 0 amide bonds. The fourth-order valence-electron chi connectivity index (χ4n) is 13.7. The molecule has 18 aromatic rings. The Morgan fingerprint density at radius 1 is 0.337 bits per heavy atom. The highest BCUT2D eigenvalue weighted by Gasteiger charge is 2.25. The first-order chi connectivity index (χ1) is 52.8. The number of aryl methyl sites for hydroxylation is 1. The van der Waals surface area contributed by atoms with Crippen LogP contribution in [0.1, 0.15) is 68.5 Å². The molecule has 0 spiro atoms. The lowest BCUT2D eigenvalue weighted by Gasteiger charge is -2.09. The molecule has 0 aliphatic rings. The van der Waals surface area contributed by atoms with Crippen LogP contribution in [0.4, 0.5) is 22.7 Å². The van der Waals surface area contributed by atoms with E-state index in [0.717, 1.165) is 144 Å². The molecule has 0 fully saturated rings. The van der Waals surface area contributed by atoms with E-state index in [1.165, 1.54) is 6.92 Å². The molecule has 0 N–H and O–H groups in total. The number of aromatic nitrogens is 4. The van der Waals surface area contributed by atoms with Crippen LogP contribution >= 0.6 is 0 Å². The summed E-state index contributed by atoms with van der Waals surface area (Å²) < 4.78 is 65.5. The zero-order valence-electron chi connectivity index (χ0n) is 62.1. The summed E-state index contributed by atoms with van der Waals surface area (Å²) in [6.45, 7) is 36.7. The van der Waals surface area contributed by atoms with Gasteiger partial charge in [0.15, 0.2) is 11.4 Å². The van der Waals surface area contributed by atoms with Crippen LogP contribution < -0.4 is 0 Å². The molecule has 1 unspecified atom stereocenters. The molecule has 104 heavy (non-hydrogen) atoms. The summed E-state index contributed by atoms with van der Waals surface area (Å²) in [4.78, 5) is 32.5. The van der Waals surface area contributed by atoms with Gasteiger partial charge in [-0.3, -0.25) is 19.9 Å². The molecule has 10 aromatic carbocycles. The second-order valence-corrected chi connectivity index (χ2v) is 25.0. The summed E-state index contributed by atoms with van der Waals surface area (Å²) in [5.74, 6) is -2.86.